The van der Waals surface area contributed by atoms with E-state index in [-0.39, 0.29) is 5.91 Å². The van der Waals surface area contributed by atoms with Crippen molar-refractivity contribution in [1.82, 2.24) is 9.88 Å². The van der Waals surface area contributed by atoms with Crippen molar-refractivity contribution >= 4 is 5.91 Å². The smallest absolute Gasteiger partial charge is 0.227 e. The summed E-state index contributed by atoms with van der Waals surface area (Å²) in [5.41, 5.74) is 2.03. The lowest BCUT2D eigenvalue weighted by atomic mass is 10.1. The number of nitrogens with zero attached hydrogens (tertiary/aromatic N) is 2. The highest BCUT2D eigenvalue weighted by molar-refractivity contribution is 5.78. The lowest BCUT2D eigenvalue weighted by Gasteiger charge is -2.17. The average molecular weight is 270 g/mol. The number of likely N-dealkylation sites (N-methyl/N-ethyl adjacent to an activating group) is 1. The van der Waals surface area contributed by atoms with Crippen molar-refractivity contribution in [2.75, 3.05) is 14.2 Å². The Labute approximate surface area is 119 Å². The van der Waals surface area contributed by atoms with Crippen LogP contribution >= 0.6 is 0 Å². The third kappa shape index (κ3) is 3.82. The maximum atomic E-state index is 12.2. The molecule has 0 radical (unpaired) electrons. The molecule has 4 heteroatoms. The molecule has 0 bridgehead atoms. The zero-order chi connectivity index (χ0) is 14.4. The van der Waals surface area contributed by atoms with Crippen LogP contribution in [0.4, 0.5) is 0 Å². The topological polar surface area (TPSA) is 42.4 Å². The summed E-state index contributed by atoms with van der Waals surface area (Å²) >= 11 is 0. The van der Waals surface area contributed by atoms with Gasteiger partial charge < -0.3 is 9.64 Å². The number of rotatable bonds is 5. The van der Waals surface area contributed by atoms with Crippen molar-refractivity contribution in [3.05, 3.63) is 59.9 Å². The summed E-state index contributed by atoms with van der Waals surface area (Å²) in [5.74, 6) is 0.849. The molecular formula is C16H18N2O2. The Balaban J connectivity index is 1.97. The van der Waals surface area contributed by atoms with E-state index in [0.717, 1.165) is 16.9 Å². The van der Waals surface area contributed by atoms with Crippen molar-refractivity contribution in [2.24, 2.45) is 0 Å². The number of methoxy groups -OCH3 is 1. The van der Waals surface area contributed by atoms with E-state index in [2.05, 4.69) is 4.98 Å². The van der Waals surface area contributed by atoms with E-state index in [0.29, 0.717) is 13.0 Å². The first-order valence-electron chi connectivity index (χ1n) is 6.45. The SMILES string of the molecule is COc1cccc(CC(=O)N(C)Cc2ccncc2)c1. The van der Waals surface area contributed by atoms with Crippen molar-refractivity contribution < 1.29 is 9.53 Å². The van der Waals surface area contributed by atoms with Crippen LogP contribution in [0.25, 0.3) is 0 Å². The predicted octanol–water partition coefficient (Wildman–Crippen LogP) is 2.29. The molecule has 0 spiro atoms. The number of hydrogen-bond donors (Lipinski definition) is 0. The Kier molecular flexibility index (Phi) is 4.71. The summed E-state index contributed by atoms with van der Waals surface area (Å²) in [4.78, 5) is 17.9. The molecular weight excluding hydrogens is 252 g/mol. The second kappa shape index (κ2) is 6.70. The minimum atomic E-state index is 0.0788. The van der Waals surface area contributed by atoms with Crippen LogP contribution in [-0.4, -0.2) is 29.9 Å². The molecule has 0 aliphatic carbocycles. The minimum Gasteiger partial charge on any atom is -0.497 e. The number of amides is 1. The van der Waals surface area contributed by atoms with Crippen LogP contribution in [0.2, 0.25) is 0 Å². The van der Waals surface area contributed by atoms with Gasteiger partial charge in [0, 0.05) is 26.0 Å². The fraction of sp³-hybridized carbons (Fsp3) is 0.250. The van der Waals surface area contributed by atoms with Gasteiger partial charge in [0.25, 0.3) is 0 Å². The Morgan fingerprint density at radius 3 is 2.65 bits per heavy atom. The number of pyridine rings is 1. The minimum absolute atomic E-state index is 0.0788. The largest absolute Gasteiger partial charge is 0.497 e. The molecule has 0 unspecified atom stereocenters. The van der Waals surface area contributed by atoms with Crippen LogP contribution in [0, 0.1) is 0 Å². The molecule has 0 aliphatic heterocycles. The number of carbonyl (C=O) groups is 1. The van der Waals surface area contributed by atoms with Crippen molar-refractivity contribution in [1.29, 1.82) is 0 Å². The molecule has 1 amide bonds. The third-order valence-electron chi connectivity index (χ3n) is 3.08. The van der Waals surface area contributed by atoms with Crippen molar-refractivity contribution in [3.63, 3.8) is 0 Å². The molecule has 2 rings (SSSR count). The van der Waals surface area contributed by atoms with Gasteiger partial charge in [-0.25, -0.2) is 0 Å². The number of aromatic nitrogens is 1. The number of carbonyl (C=O) groups excluding carboxylic acids is 1. The maximum Gasteiger partial charge on any atom is 0.227 e. The fourth-order valence-corrected chi connectivity index (χ4v) is 1.94. The van der Waals surface area contributed by atoms with Gasteiger partial charge >= 0.3 is 0 Å². The molecule has 20 heavy (non-hydrogen) atoms. The van der Waals surface area contributed by atoms with E-state index >= 15 is 0 Å². The van der Waals surface area contributed by atoms with E-state index in [1.165, 1.54) is 0 Å². The van der Waals surface area contributed by atoms with Crippen LogP contribution < -0.4 is 4.74 Å². The zero-order valence-corrected chi connectivity index (χ0v) is 11.7. The van der Waals surface area contributed by atoms with Crippen molar-refractivity contribution in [3.8, 4) is 5.75 Å². The Morgan fingerprint density at radius 1 is 1.20 bits per heavy atom. The van der Waals surface area contributed by atoms with Gasteiger partial charge in [0.15, 0.2) is 0 Å². The summed E-state index contributed by atoms with van der Waals surface area (Å²) in [6.07, 6.45) is 3.84. The molecule has 0 atom stereocenters. The summed E-state index contributed by atoms with van der Waals surface area (Å²) in [6, 6.07) is 11.4. The predicted molar refractivity (Wildman–Crippen MR) is 77.4 cm³/mol. The molecule has 0 saturated heterocycles. The zero-order valence-electron chi connectivity index (χ0n) is 11.7. The standard InChI is InChI=1S/C16H18N2O2/c1-18(12-13-6-8-17-9-7-13)16(19)11-14-4-3-5-15(10-14)20-2/h3-10H,11-12H2,1-2H3. The van der Waals surface area contributed by atoms with Gasteiger partial charge in [0.1, 0.15) is 5.75 Å². The number of ether oxygens (including phenoxy) is 1. The van der Waals surface area contributed by atoms with E-state index in [1.54, 1.807) is 24.4 Å². The second-order valence-electron chi connectivity index (χ2n) is 4.63. The molecule has 0 fully saturated rings. The highest BCUT2D eigenvalue weighted by Crippen LogP contribution is 2.14. The van der Waals surface area contributed by atoms with Gasteiger partial charge in [-0.2, -0.15) is 0 Å². The Hall–Kier alpha value is -2.36. The van der Waals surface area contributed by atoms with Crippen LogP contribution in [0.3, 0.4) is 0 Å². The van der Waals surface area contributed by atoms with Gasteiger partial charge in [-0.05, 0) is 35.4 Å². The molecule has 2 aromatic rings. The van der Waals surface area contributed by atoms with Crippen LogP contribution in [-0.2, 0) is 17.8 Å². The number of benzene rings is 1. The van der Waals surface area contributed by atoms with E-state index < -0.39 is 0 Å². The monoisotopic (exact) mass is 270 g/mol. The first-order valence-corrected chi connectivity index (χ1v) is 6.45. The molecule has 1 heterocycles. The molecule has 1 aromatic carbocycles. The summed E-state index contributed by atoms with van der Waals surface area (Å²) < 4.78 is 5.16. The van der Waals surface area contributed by atoms with Gasteiger partial charge in [-0.15, -0.1) is 0 Å². The molecule has 4 nitrogen and oxygen atoms in total. The van der Waals surface area contributed by atoms with E-state index in [1.807, 2.05) is 43.4 Å². The molecule has 1 aromatic heterocycles. The first kappa shape index (κ1) is 14.1. The van der Waals surface area contributed by atoms with Gasteiger partial charge in [-0.1, -0.05) is 12.1 Å². The highest BCUT2D eigenvalue weighted by Gasteiger charge is 2.10. The molecule has 0 saturated carbocycles. The normalized spacial score (nSPS) is 10.1. The van der Waals surface area contributed by atoms with Crippen LogP contribution in [0.1, 0.15) is 11.1 Å². The first-order chi connectivity index (χ1) is 9.69. The van der Waals surface area contributed by atoms with Gasteiger partial charge in [0.2, 0.25) is 5.91 Å². The van der Waals surface area contributed by atoms with E-state index in [4.69, 9.17) is 4.74 Å². The summed E-state index contributed by atoms with van der Waals surface area (Å²) in [7, 11) is 3.43. The molecule has 104 valence electrons. The Morgan fingerprint density at radius 2 is 1.95 bits per heavy atom. The van der Waals surface area contributed by atoms with Gasteiger partial charge in [-0.3, -0.25) is 9.78 Å². The lowest BCUT2D eigenvalue weighted by molar-refractivity contribution is -0.129. The average Bonchev–Trinajstić information content (AvgIpc) is 2.48. The summed E-state index contributed by atoms with van der Waals surface area (Å²) in [6.45, 7) is 0.589. The van der Waals surface area contributed by atoms with Gasteiger partial charge in [0.05, 0.1) is 13.5 Å². The maximum absolute atomic E-state index is 12.2. The van der Waals surface area contributed by atoms with Crippen LogP contribution in [0.15, 0.2) is 48.8 Å². The van der Waals surface area contributed by atoms with Crippen molar-refractivity contribution in [2.45, 2.75) is 13.0 Å². The summed E-state index contributed by atoms with van der Waals surface area (Å²) in [5, 5.41) is 0. The number of hydrogen-bond acceptors (Lipinski definition) is 3. The van der Waals surface area contributed by atoms with E-state index in [9.17, 15) is 4.79 Å². The van der Waals surface area contributed by atoms with Crippen LogP contribution in [0.5, 0.6) is 5.75 Å². The second-order valence-corrected chi connectivity index (χ2v) is 4.63. The Bertz CT molecular complexity index is 570. The molecule has 0 N–H and O–H groups in total. The molecule has 0 aliphatic rings. The third-order valence-corrected chi connectivity index (χ3v) is 3.08. The quantitative estimate of drug-likeness (QED) is 0.837. The lowest BCUT2D eigenvalue weighted by Crippen LogP contribution is -2.27. The fourth-order valence-electron chi connectivity index (χ4n) is 1.94. The highest BCUT2D eigenvalue weighted by atomic mass is 16.5.